The van der Waals surface area contributed by atoms with Gasteiger partial charge in [0, 0.05) is 6.54 Å². The van der Waals surface area contributed by atoms with Gasteiger partial charge in [-0.1, -0.05) is 12.1 Å². The number of rotatable bonds is 1. The molecule has 0 saturated carbocycles. The molecule has 1 aliphatic rings. The van der Waals surface area contributed by atoms with Gasteiger partial charge < -0.3 is 5.32 Å². The van der Waals surface area contributed by atoms with Crippen LogP contribution in [-0.4, -0.2) is 6.54 Å². The molecule has 0 bridgehead atoms. The van der Waals surface area contributed by atoms with E-state index in [1.165, 1.54) is 22.3 Å². The minimum Gasteiger partial charge on any atom is -0.304 e. The monoisotopic (exact) mass is 175 g/mol. The predicted octanol–water partition coefficient (Wildman–Crippen LogP) is 2.43. The van der Waals surface area contributed by atoms with Crippen molar-refractivity contribution in [2.24, 2.45) is 0 Å². The normalized spacial score (nSPS) is 26.2. The average molecular weight is 175 g/mol. The van der Waals surface area contributed by atoms with Crippen LogP contribution in [0.15, 0.2) is 12.1 Å². The van der Waals surface area contributed by atoms with Crippen LogP contribution < -0.4 is 5.32 Å². The Balaban J connectivity index is 2.52. The number of hydrogen-bond acceptors (Lipinski definition) is 1. The average Bonchev–Trinajstić information content (AvgIpc) is 2.77. The third-order valence-corrected chi connectivity index (χ3v) is 3.14. The molecule has 70 valence electrons. The molecule has 0 spiro atoms. The molecule has 0 aliphatic carbocycles. The minimum atomic E-state index is 0.266. The van der Waals surface area contributed by atoms with Crippen molar-refractivity contribution in [1.29, 1.82) is 0 Å². The van der Waals surface area contributed by atoms with Crippen molar-refractivity contribution in [2.45, 2.75) is 33.2 Å². The second-order valence-electron chi connectivity index (χ2n) is 4.44. The van der Waals surface area contributed by atoms with Gasteiger partial charge in [-0.15, -0.1) is 0 Å². The lowest BCUT2D eigenvalue weighted by Gasteiger charge is -2.14. The van der Waals surface area contributed by atoms with Crippen LogP contribution in [-0.2, 0) is 5.54 Å². The Morgan fingerprint density at radius 2 is 1.62 bits per heavy atom. The maximum absolute atomic E-state index is 3.41. The highest BCUT2D eigenvalue weighted by Crippen LogP contribution is 2.33. The molecular weight excluding hydrogens is 158 g/mol. The van der Waals surface area contributed by atoms with E-state index in [-0.39, 0.29) is 5.54 Å². The predicted molar refractivity (Wildman–Crippen MR) is 56.0 cm³/mol. The van der Waals surface area contributed by atoms with Crippen molar-refractivity contribution in [1.82, 2.24) is 5.32 Å². The van der Waals surface area contributed by atoms with Crippen LogP contribution in [0.25, 0.3) is 0 Å². The van der Waals surface area contributed by atoms with Gasteiger partial charge >= 0.3 is 0 Å². The van der Waals surface area contributed by atoms with Gasteiger partial charge in [-0.3, -0.25) is 0 Å². The Morgan fingerprint density at radius 1 is 1.08 bits per heavy atom. The molecule has 1 aliphatic heterocycles. The lowest BCUT2D eigenvalue weighted by atomic mass is 9.92. The molecule has 1 atom stereocenters. The summed E-state index contributed by atoms with van der Waals surface area (Å²) >= 11 is 0. The topological polar surface area (TPSA) is 21.9 Å². The highest BCUT2D eigenvalue weighted by molar-refractivity contribution is 5.42. The van der Waals surface area contributed by atoms with Crippen molar-refractivity contribution in [2.75, 3.05) is 6.54 Å². The van der Waals surface area contributed by atoms with Gasteiger partial charge in [0.15, 0.2) is 0 Å². The first-order valence-electron chi connectivity index (χ1n) is 4.86. The molecule has 2 rings (SSSR count). The number of nitrogens with one attached hydrogen (secondary N) is 1. The van der Waals surface area contributed by atoms with Gasteiger partial charge in [0.05, 0.1) is 5.54 Å². The molecule has 13 heavy (non-hydrogen) atoms. The van der Waals surface area contributed by atoms with Crippen molar-refractivity contribution in [3.05, 3.63) is 34.4 Å². The van der Waals surface area contributed by atoms with Crippen molar-refractivity contribution >= 4 is 0 Å². The van der Waals surface area contributed by atoms with Crippen molar-refractivity contribution in [3.63, 3.8) is 0 Å². The molecule has 1 fully saturated rings. The zero-order valence-corrected chi connectivity index (χ0v) is 8.86. The van der Waals surface area contributed by atoms with E-state index in [4.69, 9.17) is 0 Å². The van der Waals surface area contributed by atoms with Crippen molar-refractivity contribution < 1.29 is 0 Å². The molecule has 1 N–H and O–H groups in total. The van der Waals surface area contributed by atoms with Crippen LogP contribution in [0, 0.1) is 20.8 Å². The summed E-state index contributed by atoms with van der Waals surface area (Å²) in [7, 11) is 0. The lowest BCUT2D eigenvalue weighted by Crippen LogP contribution is -2.09. The summed E-state index contributed by atoms with van der Waals surface area (Å²) < 4.78 is 0. The van der Waals surface area contributed by atoms with Crippen LogP contribution in [0.4, 0.5) is 0 Å². The summed E-state index contributed by atoms with van der Waals surface area (Å²) in [5, 5.41) is 3.41. The molecule has 1 heterocycles. The van der Waals surface area contributed by atoms with E-state index >= 15 is 0 Å². The highest BCUT2D eigenvalue weighted by atomic mass is 15.1. The van der Waals surface area contributed by atoms with E-state index in [9.17, 15) is 0 Å². The maximum atomic E-state index is 3.41. The Kier molecular flexibility index (Phi) is 1.74. The van der Waals surface area contributed by atoms with E-state index in [1.807, 2.05) is 0 Å². The van der Waals surface area contributed by atoms with Crippen LogP contribution in [0.5, 0.6) is 0 Å². The summed E-state index contributed by atoms with van der Waals surface area (Å²) in [6, 6.07) is 4.61. The van der Waals surface area contributed by atoms with E-state index in [0.29, 0.717) is 0 Å². The Hall–Kier alpha value is -0.820. The summed E-state index contributed by atoms with van der Waals surface area (Å²) in [5.74, 6) is 0. The minimum absolute atomic E-state index is 0.266. The number of benzene rings is 1. The van der Waals surface area contributed by atoms with Crippen molar-refractivity contribution in [3.8, 4) is 0 Å². The van der Waals surface area contributed by atoms with Crippen LogP contribution in [0.3, 0.4) is 0 Å². The lowest BCUT2D eigenvalue weighted by molar-refractivity contribution is 0.754. The largest absolute Gasteiger partial charge is 0.304 e. The van der Waals surface area contributed by atoms with Gasteiger partial charge in [0.1, 0.15) is 0 Å². The van der Waals surface area contributed by atoms with E-state index in [0.717, 1.165) is 6.54 Å². The molecule has 1 aromatic rings. The van der Waals surface area contributed by atoms with Crippen LogP contribution in [0.1, 0.15) is 29.2 Å². The van der Waals surface area contributed by atoms with Gasteiger partial charge in [-0.25, -0.2) is 0 Å². The van der Waals surface area contributed by atoms with Gasteiger partial charge in [0.2, 0.25) is 0 Å². The summed E-state index contributed by atoms with van der Waals surface area (Å²) in [5.41, 5.74) is 5.94. The molecule has 1 saturated heterocycles. The van der Waals surface area contributed by atoms with Crippen LogP contribution >= 0.6 is 0 Å². The third-order valence-electron chi connectivity index (χ3n) is 3.14. The fourth-order valence-electron chi connectivity index (χ4n) is 1.88. The highest BCUT2D eigenvalue weighted by Gasteiger charge is 2.39. The fraction of sp³-hybridized carbons (Fsp3) is 0.500. The fourth-order valence-corrected chi connectivity index (χ4v) is 1.88. The first-order valence-corrected chi connectivity index (χ1v) is 4.86. The molecule has 1 unspecified atom stereocenters. The first-order chi connectivity index (χ1) is 6.03. The summed E-state index contributed by atoms with van der Waals surface area (Å²) in [6.07, 6.45) is 0. The maximum Gasteiger partial charge on any atom is 0.0536 e. The zero-order valence-electron chi connectivity index (χ0n) is 8.86. The van der Waals surface area contributed by atoms with Gasteiger partial charge in [-0.05, 0) is 49.9 Å². The molecule has 0 radical (unpaired) electrons. The standard InChI is InChI=1S/C12H17N/c1-8-5-10(3)11(6-9(8)2)12(4)7-13-12/h5-6,13H,7H2,1-4H3. The molecule has 1 aromatic carbocycles. The molecular formula is C12H17N. The molecule has 0 aromatic heterocycles. The smallest absolute Gasteiger partial charge is 0.0536 e. The molecule has 1 heteroatoms. The molecule has 0 amide bonds. The summed E-state index contributed by atoms with van der Waals surface area (Å²) in [6.45, 7) is 9.95. The number of hydrogen-bond donors (Lipinski definition) is 1. The molecule has 1 nitrogen and oxygen atoms in total. The number of aryl methyl sites for hydroxylation is 3. The van der Waals surface area contributed by atoms with E-state index < -0.39 is 0 Å². The Labute approximate surface area is 80.2 Å². The second-order valence-corrected chi connectivity index (χ2v) is 4.44. The van der Waals surface area contributed by atoms with Crippen LogP contribution in [0.2, 0.25) is 0 Å². The van der Waals surface area contributed by atoms with E-state index in [2.05, 4.69) is 45.1 Å². The van der Waals surface area contributed by atoms with Gasteiger partial charge in [0.25, 0.3) is 0 Å². The SMILES string of the molecule is Cc1cc(C)c(C2(C)CN2)cc1C. The first kappa shape index (κ1) is 8.76. The zero-order chi connectivity index (χ0) is 9.64. The van der Waals surface area contributed by atoms with E-state index in [1.54, 1.807) is 0 Å². The summed E-state index contributed by atoms with van der Waals surface area (Å²) in [4.78, 5) is 0. The van der Waals surface area contributed by atoms with Gasteiger partial charge in [-0.2, -0.15) is 0 Å². The quantitative estimate of drug-likeness (QED) is 0.650. The Morgan fingerprint density at radius 3 is 2.15 bits per heavy atom. The second kappa shape index (κ2) is 2.58. The third kappa shape index (κ3) is 1.37. The Bertz CT molecular complexity index is 348.